The molecule has 0 spiro atoms. The zero-order valence-corrected chi connectivity index (χ0v) is 14.5. The van der Waals surface area contributed by atoms with Gasteiger partial charge >= 0.3 is 6.03 Å². The summed E-state index contributed by atoms with van der Waals surface area (Å²) in [5.41, 5.74) is 0.173. The topological polar surface area (TPSA) is 93.7 Å². The summed E-state index contributed by atoms with van der Waals surface area (Å²) >= 11 is 0. The van der Waals surface area contributed by atoms with Crippen LogP contribution < -0.4 is 19.7 Å². The zero-order chi connectivity index (χ0) is 18.3. The average molecular weight is 354 g/mol. The lowest BCUT2D eigenvalue weighted by atomic mass is 10.1. The van der Waals surface area contributed by atoms with Gasteiger partial charge in [0.25, 0.3) is 5.91 Å². The van der Waals surface area contributed by atoms with E-state index in [2.05, 4.69) is 15.3 Å². The van der Waals surface area contributed by atoms with Crippen LogP contribution in [0.3, 0.4) is 0 Å². The van der Waals surface area contributed by atoms with Crippen LogP contribution in [0.15, 0.2) is 30.6 Å². The number of nitrogens with zero attached hydrogens (tertiary/aromatic N) is 3. The van der Waals surface area contributed by atoms with Crippen molar-refractivity contribution in [2.75, 3.05) is 11.5 Å². The molecular formula is C18H18N4O4. The Kier molecular flexibility index (Phi) is 3.75. The van der Waals surface area contributed by atoms with Crippen LogP contribution in [-0.2, 0) is 11.2 Å². The highest BCUT2D eigenvalue weighted by Crippen LogP contribution is 2.32. The molecule has 3 heterocycles. The second-order valence-corrected chi connectivity index (χ2v) is 6.73. The summed E-state index contributed by atoms with van der Waals surface area (Å²) < 4.78 is 11.4. The van der Waals surface area contributed by atoms with Gasteiger partial charge in [0.15, 0.2) is 5.82 Å². The molecule has 1 fully saturated rings. The number of fused-ring (bicyclic) bond motifs is 1. The Hall–Kier alpha value is -3.16. The van der Waals surface area contributed by atoms with Crippen LogP contribution >= 0.6 is 0 Å². The number of amides is 3. The predicted octanol–water partition coefficient (Wildman–Crippen LogP) is 2.43. The summed E-state index contributed by atoms with van der Waals surface area (Å²) in [6, 6.07) is 6.55. The number of ether oxygens (including phenoxy) is 2. The Morgan fingerprint density at radius 2 is 2.08 bits per heavy atom. The summed E-state index contributed by atoms with van der Waals surface area (Å²) in [6.45, 7) is 3.97. The van der Waals surface area contributed by atoms with Gasteiger partial charge in [-0.05, 0) is 38.3 Å². The van der Waals surface area contributed by atoms with Gasteiger partial charge in [-0.1, -0.05) is 6.07 Å². The van der Waals surface area contributed by atoms with Gasteiger partial charge in [0.1, 0.15) is 23.4 Å². The Morgan fingerprint density at radius 3 is 2.85 bits per heavy atom. The highest BCUT2D eigenvalue weighted by Gasteiger charge is 2.45. The van der Waals surface area contributed by atoms with Crippen molar-refractivity contribution in [3.63, 3.8) is 0 Å². The van der Waals surface area contributed by atoms with Crippen LogP contribution in [0.2, 0.25) is 0 Å². The molecule has 4 rings (SSSR count). The number of benzene rings is 1. The summed E-state index contributed by atoms with van der Waals surface area (Å²) in [5.74, 6) is 1.38. The van der Waals surface area contributed by atoms with Crippen LogP contribution in [0.25, 0.3) is 0 Å². The molecule has 1 aromatic heterocycles. The third kappa shape index (κ3) is 2.83. The van der Waals surface area contributed by atoms with E-state index < -0.39 is 11.6 Å². The molecule has 2 aromatic rings. The molecule has 3 amide bonds. The first-order valence-electron chi connectivity index (χ1n) is 8.36. The van der Waals surface area contributed by atoms with Crippen LogP contribution in [0.1, 0.15) is 25.8 Å². The fraction of sp³-hybridized carbons (Fsp3) is 0.333. The zero-order valence-electron chi connectivity index (χ0n) is 14.5. The number of anilines is 1. The average Bonchev–Trinajstić information content (AvgIpc) is 2.82. The van der Waals surface area contributed by atoms with E-state index in [9.17, 15) is 9.59 Å². The molecular weight excluding hydrogens is 336 g/mol. The fourth-order valence-electron chi connectivity index (χ4n) is 2.97. The first kappa shape index (κ1) is 16.3. The first-order valence-corrected chi connectivity index (χ1v) is 8.36. The van der Waals surface area contributed by atoms with Crippen LogP contribution in [-0.4, -0.2) is 34.1 Å². The highest BCUT2D eigenvalue weighted by atomic mass is 16.5. The molecule has 26 heavy (non-hydrogen) atoms. The molecule has 2 aliphatic heterocycles. The molecule has 1 saturated heterocycles. The number of hydrogen-bond donors (Lipinski definition) is 1. The molecule has 8 heteroatoms. The quantitative estimate of drug-likeness (QED) is 0.851. The maximum atomic E-state index is 12.4. The van der Waals surface area contributed by atoms with Gasteiger partial charge in [0, 0.05) is 12.1 Å². The van der Waals surface area contributed by atoms with E-state index >= 15 is 0 Å². The number of imide groups is 1. The van der Waals surface area contributed by atoms with Gasteiger partial charge in [-0.2, -0.15) is 0 Å². The normalized spacial score (nSPS) is 18.2. The molecule has 1 N–H and O–H groups in total. The third-order valence-corrected chi connectivity index (χ3v) is 4.33. The van der Waals surface area contributed by atoms with E-state index in [0.717, 1.165) is 29.1 Å². The van der Waals surface area contributed by atoms with Crippen LogP contribution in [0.4, 0.5) is 10.6 Å². The SMILES string of the molecule is CC1(C)NC(=O)N(c2cc(Oc3ccc4c(c3)OCCC4)ncn2)C1=O. The molecule has 0 atom stereocenters. The van der Waals surface area contributed by atoms with Crippen molar-refractivity contribution in [3.05, 3.63) is 36.2 Å². The van der Waals surface area contributed by atoms with Crippen LogP contribution in [0, 0.1) is 0 Å². The smallest absolute Gasteiger partial charge is 0.330 e. The standard InChI is InChI=1S/C18H18N4O4/c1-18(2)16(23)22(17(24)21-18)14-9-15(20-10-19-14)26-12-6-5-11-4-3-7-25-13(11)8-12/h5-6,8-10H,3-4,7H2,1-2H3,(H,21,24). The second kappa shape index (κ2) is 5.98. The minimum atomic E-state index is -0.973. The summed E-state index contributed by atoms with van der Waals surface area (Å²) in [6.07, 6.45) is 3.24. The fourth-order valence-corrected chi connectivity index (χ4v) is 2.97. The minimum absolute atomic E-state index is 0.164. The van der Waals surface area contributed by atoms with Gasteiger partial charge in [-0.25, -0.2) is 19.7 Å². The molecule has 0 unspecified atom stereocenters. The number of rotatable bonds is 3. The monoisotopic (exact) mass is 354 g/mol. The number of nitrogens with one attached hydrogen (secondary N) is 1. The van der Waals surface area contributed by atoms with Gasteiger partial charge < -0.3 is 14.8 Å². The van der Waals surface area contributed by atoms with Crippen molar-refractivity contribution in [2.45, 2.75) is 32.2 Å². The molecule has 2 aliphatic rings. The van der Waals surface area contributed by atoms with Gasteiger partial charge in [0.2, 0.25) is 5.88 Å². The summed E-state index contributed by atoms with van der Waals surface area (Å²) in [4.78, 5) is 33.6. The molecule has 1 aromatic carbocycles. The number of aryl methyl sites for hydroxylation is 1. The molecule has 0 aliphatic carbocycles. The molecule has 0 bridgehead atoms. The predicted molar refractivity (Wildman–Crippen MR) is 92.5 cm³/mol. The molecule has 0 saturated carbocycles. The van der Waals surface area contributed by atoms with E-state index in [0.29, 0.717) is 12.4 Å². The van der Waals surface area contributed by atoms with E-state index in [4.69, 9.17) is 9.47 Å². The van der Waals surface area contributed by atoms with Gasteiger partial charge in [-0.15, -0.1) is 0 Å². The largest absolute Gasteiger partial charge is 0.493 e. The summed E-state index contributed by atoms with van der Waals surface area (Å²) in [7, 11) is 0. The Bertz CT molecular complexity index is 897. The Balaban J connectivity index is 1.59. The highest BCUT2D eigenvalue weighted by molar-refractivity contribution is 6.22. The van der Waals surface area contributed by atoms with E-state index in [1.165, 1.54) is 12.4 Å². The number of carbonyl (C=O) groups is 2. The van der Waals surface area contributed by atoms with Crippen molar-refractivity contribution < 1.29 is 19.1 Å². The maximum Gasteiger partial charge on any atom is 0.330 e. The molecule has 8 nitrogen and oxygen atoms in total. The molecule has 134 valence electrons. The number of urea groups is 1. The van der Waals surface area contributed by atoms with Crippen LogP contribution in [0.5, 0.6) is 17.4 Å². The minimum Gasteiger partial charge on any atom is -0.493 e. The first-order chi connectivity index (χ1) is 12.4. The second-order valence-electron chi connectivity index (χ2n) is 6.73. The van der Waals surface area contributed by atoms with Crippen molar-refractivity contribution in [1.29, 1.82) is 0 Å². The lowest BCUT2D eigenvalue weighted by Crippen LogP contribution is -2.40. The number of hydrogen-bond acceptors (Lipinski definition) is 6. The van der Waals surface area contributed by atoms with Gasteiger partial charge in [0.05, 0.1) is 6.61 Å². The van der Waals surface area contributed by atoms with Crippen molar-refractivity contribution >= 4 is 17.8 Å². The van der Waals surface area contributed by atoms with E-state index in [-0.39, 0.29) is 17.6 Å². The van der Waals surface area contributed by atoms with Crippen molar-refractivity contribution in [1.82, 2.24) is 15.3 Å². The summed E-state index contributed by atoms with van der Waals surface area (Å²) in [5, 5.41) is 2.61. The Morgan fingerprint density at radius 1 is 1.23 bits per heavy atom. The number of aromatic nitrogens is 2. The van der Waals surface area contributed by atoms with Gasteiger partial charge in [-0.3, -0.25) is 4.79 Å². The maximum absolute atomic E-state index is 12.4. The third-order valence-electron chi connectivity index (χ3n) is 4.33. The van der Waals surface area contributed by atoms with E-state index in [1.54, 1.807) is 13.8 Å². The van der Waals surface area contributed by atoms with Crippen molar-refractivity contribution in [3.8, 4) is 17.4 Å². The van der Waals surface area contributed by atoms with Crippen molar-refractivity contribution in [2.24, 2.45) is 0 Å². The molecule has 0 radical (unpaired) electrons. The lowest BCUT2D eigenvalue weighted by molar-refractivity contribution is -0.121. The lowest BCUT2D eigenvalue weighted by Gasteiger charge is -2.18. The van der Waals surface area contributed by atoms with E-state index in [1.807, 2.05) is 18.2 Å². The Labute approximate surface area is 150 Å². The number of carbonyl (C=O) groups excluding carboxylic acids is 2.